The molecule has 0 fully saturated rings. The summed E-state index contributed by atoms with van der Waals surface area (Å²) in [6.07, 6.45) is 1.34. The first kappa shape index (κ1) is 14.6. The normalized spacial score (nSPS) is 9.79. The largest absolute Gasteiger partial charge is 0.480 e. The summed E-state index contributed by atoms with van der Waals surface area (Å²) in [6.45, 7) is 2.82. The van der Waals surface area contributed by atoms with E-state index >= 15 is 0 Å². The fourth-order valence-electron chi connectivity index (χ4n) is 1.32. The second-order valence-electron chi connectivity index (χ2n) is 3.62. The van der Waals surface area contributed by atoms with Crippen LogP contribution in [0.3, 0.4) is 0 Å². The van der Waals surface area contributed by atoms with Crippen molar-refractivity contribution in [2.75, 3.05) is 18.4 Å². The molecule has 5 nitrogen and oxygen atoms in total. The number of carbonyl (C=O) groups excluding carboxylic acids is 1. The van der Waals surface area contributed by atoms with Gasteiger partial charge in [-0.3, -0.25) is 4.79 Å². The number of carbonyl (C=O) groups is 2. The van der Waals surface area contributed by atoms with E-state index in [0.29, 0.717) is 6.07 Å². The molecule has 0 aliphatic rings. The lowest BCUT2D eigenvalue weighted by molar-refractivity contribution is -0.137. The molecule has 19 heavy (non-hydrogen) atoms. The van der Waals surface area contributed by atoms with Crippen LogP contribution in [0.1, 0.15) is 0 Å². The van der Waals surface area contributed by atoms with Crippen molar-refractivity contribution in [3.63, 3.8) is 0 Å². The van der Waals surface area contributed by atoms with E-state index in [9.17, 15) is 18.4 Å². The predicted molar refractivity (Wildman–Crippen MR) is 64.8 cm³/mol. The van der Waals surface area contributed by atoms with E-state index in [1.165, 1.54) is 6.08 Å². The molecule has 0 unspecified atom stereocenters. The van der Waals surface area contributed by atoms with Gasteiger partial charge >= 0.3 is 12.0 Å². The minimum absolute atomic E-state index is 0.0129. The Labute approximate surface area is 108 Å². The number of halogens is 2. The molecule has 0 heterocycles. The van der Waals surface area contributed by atoms with Gasteiger partial charge in [0.1, 0.15) is 18.2 Å². The number of aliphatic carboxylic acids is 1. The van der Waals surface area contributed by atoms with E-state index in [0.717, 1.165) is 17.0 Å². The molecule has 0 saturated heterocycles. The van der Waals surface area contributed by atoms with Gasteiger partial charge in [0.15, 0.2) is 0 Å². The third-order valence-electron chi connectivity index (χ3n) is 2.14. The lowest BCUT2D eigenvalue weighted by Crippen LogP contribution is -2.39. The van der Waals surface area contributed by atoms with E-state index in [-0.39, 0.29) is 12.2 Å². The number of rotatable bonds is 5. The molecule has 0 radical (unpaired) electrons. The van der Waals surface area contributed by atoms with Crippen LogP contribution in [0.4, 0.5) is 19.3 Å². The molecule has 0 saturated carbocycles. The standard InChI is InChI=1S/C12H12F2N2O3/c1-2-5-16(7-11(17)18)12(19)15-10-4-3-8(13)6-9(10)14/h2-4,6H,1,5,7H2,(H,15,19)(H,17,18). The number of carboxylic acids is 1. The van der Waals surface area contributed by atoms with Crippen LogP contribution in [0, 0.1) is 11.6 Å². The zero-order valence-electron chi connectivity index (χ0n) is 9.90. The summed E-state index contributed by atoms with van der Waals surface area (Å²) >= 11 is 0. The highest BCUT2D eigenvalue weighted by atomic mass is 19.1. The first-order valence-electron chi connectivity index (χ1n) is 5.27. The molecule has 1 aromatic rings. The first-order chi connectivity index (χ1) is 8.93. The average Bonchev–Trinajstić information content (AvgIpc) is 2.31. The number of benzene rings is 1. The Morgan fingerprint density at radius 1 is 1.42 bits per heavy atom. The van der Waals surface area contributed by atoms with Gasteiger partial charge in [0.2, 0.25) is 0 Å². The van der Waals surface area contributed by atoms with Crippen LogP contribution in [0.2, 0.25) is 0 Å². The molecule has 1 aromatic carbocycles. The van der Waals surface area contributed by atoms with Gasteiger partial charge in [0.25, 0.3) is 0 Å². The van der Waals surface area contributed by atoms with E-state index < -0.39 is 30.2 Å². The Morgan fingerprint density at radius 3 is 2.63 bits per heavy atom. The summed E-state index contributed by atoms with van der Waals surface area (Å²) in [6, 6.07) is 1.83. The minimum atomic E-state index is -1.21. The average molecular weight is 270 g/mol. The summed E-state index contributed by atoms with van der Waals surface area (Å²) in [4.78, 5) is 23.2. The zero-order chi connectivity index (χ0) is 14.4. The van der Waals surface area contributed by atoms with Gasteiger partial charge in [-0.15, -0.1) is 6.58 Å². The highest BCUT2D eigenvalue weighted by Crippen LogP contribution is 2.15. The molecule has 1 rings (SSSR count). The van der Waals surface area contributed by atoms with E-state index in [1.54, 1.807) is 0 Å². The molecule has 2 N–H and O–H groups in total. The predicted octanol–water partition coefficient (Wildman–Crippen LogP) is 2.07. The number of hydrogen-bond acceptors (Lipinski definition) is 2. The quantitative estimate of drug-likeness (QED) is 0.805. The number of hydrogen-bond donors (Lipinski definition) is 2. The molecular formula is C12H12F2N2O3. The van der Waals surface area contributed by atoms with E-state index in [4.69, 9.17) is 5.11 Å². The smallest absolute Gasteiger partial charge is 0.323 e. The summed E-state index contributed by atoms with van der Waals surface area (Å²) in [5.74, 6) is -2.93. The van der Waals surface area contributed by atoms with E-state index in [2.05, 4.69) is 11.9 Å². The Hall–Kier alpha value is -2.44. The molecule has 2 amide bonds. The van der Waals surface area contributed by atoms with Gasteiger partial charge in [-0.2, -0.15) is 0 Å². The second kappa shape index (κ2) is 6.48. The van der Waals surface area contributed by atoms with Crippen molar-refractivity contribution in [2.45, 2.75) is 0 Å². The number of nitrogens with zero attached hydrogens (tertiary/aromatic N) is 1. The highest BCUT2D eigenvalue weighted by molar-refractivity contribution is 5.91. The lowest BCUT2D eigenvalue weighted by atomic mass is 10.3. The van der Waals surface area contributed by atoms with E-state index in [1.807, 2.05) is 0 Å². The van der Waals surface area contributed by atoms with Crippen LogP contribution in [-0.4, -0.2) is 35.1 Å². The lowest BCUT2D eigenvalue weighted by Gasteiger charge is -2.19. The molecule has 0 atom stereocenters. The molecule has 0 bridgehead atoms. The highest BCUT2D eigenvalue weighted by Gasteiger charge is 2.17. The van der Waals surface area contributed by atoms with Crippen molar-refractivity contribution in [3.05, 3.63) is 42.5 Å². The van der Waals surface area contributed by atoms with Gasteiger partial charge < -0.3 is 15.3 Å². The van der Waals surface area contributed by atoms with Crippen LogP contribution in [0.15, 0.2) is 30.9 Å². The van der Waals surface area contributed by atoms with Crippen LogP contribution in [-0.2, 0) is 4.79 Å². The van der Waals surface area contributed by atoms with Crippen LogP contribution < -0.4 is 5.32 Å². The summed E-state index contributed by atoms with van der Waals surface area (Å²) < 4.78 is 26.0. The monoisotopic (exact) mass is 270 g/mol. The van der Waals surface area contributed by atoms with Crippen LogP contribution in [0.25, 0.3) is 0 Å². The SMILES string of the molecule is C=CCN(CC(=O)O)C(=O)Nc1ccc(F)cc1F. The third kappa shape index (κ3) is 4.38. The molecular weight excluding hydrogens is 258 g/mol. The topological polar surface area (TPSA) is 69.6 Å². The maximum atomic E-state index is 13.3. The van der Waals surface area contributed by atoms with Gasteiger partial charge in [-0.1, -0.05) is 6.08 Å². The molecule has 0 aliphatic heterocycles. The third-order valence-corrected chi connectivity index (χ3v) is 2.14. The molecule has 0 spiro atoms. The van der Waals surface area contributed by atoms with Gasteiger partial charge in [0, 0.05) is 12.6 Å². The van der Waals surface area contributed by atoms with Gasteiger partial charge in [-0.05, 0) is 12.1 Å². The van der Waals surface area contributed by atoms with Crippen molar-refractivity contribution in [3.8, 4) is 0 Å². The van der Waals surface area contributed by atoms with Gasteiger partial charge in [0.05, 0.1) is 5.69 Å². The number of carboxylic acid groups (broad SMARTS) is 1. The molecule has 0 aliphatic carbocycles. The molecule has 102 valence electrons. The fourth-order valence-corrected chi connectivity index (χ4v) is 1.32. The maximum absolute atomic E-state index is 13.3. The first-order valence-corrected chi connectivity index (χ1v) is 5.27. The Kier molecular flexibility index (Phi) is 4.99. The van der Waals surface area contributed by atoms with Crippen molar-refractivity contribution in [1.82, 2.24) is 4.90 Å². The van der Waals surface area contributed by atoms with Crippen LogP contribution >= 0.6 is 0 Å². The Bertz CT molecular complexity index is 506. The minimum Gasteiger partial charge on any atom is -0.480 e. The molecule has 7 heteroatoms. The van der Waals surface area contributed by atoms with Crippen molar-refractivity contribution in [2.24, 2.45) is 0 Å². The fraction of sp³-hybridized carbons (Fsp3) is 0.167. The zero-order valence-corrected chi connectivity index (χ0v) is 9.90. The molecule has 0 aromatic heterocycles. The van der Waals surface area contributed by atoms with Crippen molar-refractivity contribution >= 4 is 17.7 Å². The number of anilines is 1. The Balaban J connectivity index is 2.80. The summed E-state index contributed by atoms with van der Waals surface area (Å²) in [5, 5.41) is 10.8. The summed E-state index contributed by atoms with van der Waals surface area (Å²) in [7, 11) is 0. The van der Waals surface area contributed by atoms with Crippen LogP contribution in [0.5, 0.6) is 0 Å². The van der Waals surface area contributed by atoms with Crippen molar-refractivity contribution < 1.29 is 23.5 Å². The van der Waals surface area contributed by atoms with Crippen molar-refractivity contribution in [1.29, 1.82) is 0 Å². The number of nitrogens with one attached hydrogen (secondary N) is 1. The number of amides is 2. The van der Waals surface area contributed by atoms with Gasteiger partial charge in [-0.25, -0.2) is 13.6 Å². The number of urea groups is 1. The second-order valence-corrected chi connectivity index (χ2v) is 3.62. The summed E-state index contributed by atoms with van der Waals surface area (Å²) in [5.41, 5.74) is -0.231. The maximum Gasteiger partial charge on any atom is 0.323 e. The Morgan fingerprint density at radius 2 is 2.11 bits per heavy atom.